The first-order valence-electron chi connectivity index (χ1n) is 6.45. The predicted molar refractivity (Wildman–Crippen MR) is 89.8 cm³/mol. The largest absolute Gasteiger partial charge is 0.0901 e. The summed E-state index contributed by atoms with van der Waals surface area (Å²) >= 11 is 2.15. The summed E-state index contributed by atoms with van der Waals surface area (Å²) in [5.41, 5.74) is 5.97. The lowest BCUT2D eigenvalue weighted by molar-refractivity contribution is 1.00. The molecule has 3 rings (SSSR count). The highest BCUT2D eigenvalue weighted by Gasteiger charge is 2.12. The van der Waals surface area contributed by atoms with Gasteiger partial charge in [0.1, 0.15) is 0 Å². The van der Waals surface area contributed by atoms with Crippen molar-refractivity contribution in [1.82, 2.24) is 0 Å². The number of benzene rings is 2. The summed E-state index contributed by atoms with van der Waals surface area (Å²) in [6, 6.07) is 17.5. The number of halogens is 1. The second-order valence-corrected chi connectivity index (χ2v) is 3.89. The standard InChI is InChI=1S/C14H12.C2H6.CH3I/c1-2-6-12-10-14-8-4-3-7-13(14)9-11(12)5-1;2*1-2/h1-8H,9-10H2;1-2H3;1H3. The van der Waals surface area contributed by atoms with E-state index in [0.29, 0.717) is 0 Å². The third kappa shape index (κ3) is 3.58. The molecule has 0 saturated heterocycles. The molecule has 96 valence electrons. The normalized spacial score (nSPS) is 10.9. The highest BCUT2D eigenvalue weighted by molar-refractivity contribution is 14.1. The van der Waals surface area contributed by atoms with Crippen molar-refractivity contribution in [3.05, 3.63) is 70.8 Å². The fourth-order valence-corrected chi connectivity index (χ4v) is 2.22. The maximum Gasteiger partial charge on any atom is -0.00201 e. The quantitative estimate of drug-likeness (QED) is 0.382. The van der Waals surface area contributed by atoms with Gasteiger partial charge in [0.25, 0.3) is 0 Å². The number of hydrogen-bond acceptors (Lipinski definition) is 0. The third-order valence-corrected chi connectivity index (χ3v) is 3.00. The first-order chi connectivity index (χ1) is 8.93. The van der Waals surface area contributed by atoms with Crippen molar-refractivity contribution >= 4 is 22.6 Å². The summed E-state index contributed by atoms with van der Waals surface area (Å²) in [6.07, 6.45) is 2.21. The highest BCUT2D eigenvalue weighted by Crippen LogP contribution is 2.26. The Bertz CT molecular complexity index is 387. The van der Waals surface area contributed by atoms with E-state index in [0.717, 1.165) is 12.8 Å². The topological polar surface area (TPSA) is 0 Å². The molecule has 0 nitrogen and oxygen atoms in total. The zero-order valence-electron chi connectivity index (χ0n) is 11.4. The molecule has 1 heteroatoms. The molecule has 0 saturated carbocycles. The second-order valence-electron chi connectivity index (χ2n) is 3.89. The minimum atomic E-state index is 1.10. The lowest BCUT2D eigenvalue weighted by atomic mass is 9.86. The van der Waals surface area contributed by atoms with Gasteiger partial charge >= 0.3 is 0 Å². The van der Waals surface area contributed by atoms with E-state index in [2.05, 4.69) is 71.1 Å². The van der Waals surface area contributed by atoms with E-state index >= 15 is 0 Å². The first kappa shape index (κ1) is 15.2. The number of fused-ring (bicyclic) bond motifs is 2. The summed E-state index contributed by atoms with van der Waals surface area (Å²) in [4.78, 5) is 1.97. The molecule has 0 fully saturated rings. The monoisotopic (exact) mass is 352 g/mol. The Labute approximate surface area is 125 Å². The zero-order chi connectivity index (χ0) is 13.4. The van der Waals surface area contributed by atoms with Crippen molar-refractivity contribution < 1.29 is 0 Å². The van der Waals surface area contributed by atoms with Gasteiger partial charge in [0.05, 0.1) is 0 Å². The molecular weight excluding hydrogens is 331 g/mol. The molecule has 0 aromatic heterocycles. The van der Waals surface area contributed by atoms with Crippen molar-refractivity contribution in [3.8, 4) is 0 Å². The van der Waals surface area contributed by atoms with Gasteiger partial charge in [0.15, 0.2) is 0 Å². The molecule has 1 aliphatic carbocycles. The Morgan fingerprint density at radius 2 is 0.833 bits per heavy atom. The third-order valence-electron chi connectivity index (χ3n) is 3.00. The van der Waals surface area contributed by atoms with Gasteiger partial charge in [-0.25, -0.2) is 0 Å². The molecule has 0 spiro atoms. The highest BCUT2D eigenvalue weighted by atomic mass is 127. The van der Waals surface area contributed by atoms with Crippen LogP contribution in [0.3, 0.4) is 0 Å². The van der Waals surface area contributed by atoms with Gasteiger partial charge in [-0.3, -0.25) is 0 Å². The van der Waals surface area contributed by atoms with Crippen molar-refractivity contribution in [2.24, 2.45) is 0 Å². The van der Waals surface area contributed by atoms with Crippen LogP contribution in [0.15, 0.2) is 48.5 Å². The second kappa shape index (κ2) is 8.30. The first-order valence-corrected chi connectivity index (χ1v) is 8.60. The van der Waals surface area contributed by atoms with Crippen LogP contribution in [0.2, 0.25) is 0 Å². The molecule has 0 N–H and O–H groups in total. The van der Waals surface area contributed by atoms with Gasteiger partial charge in [-0.15, -0.1) is 0 Å². The molecule has 0 bridgehead atoms. The molecule has 0 aliphatic heterocycles. The minimum absolute atomic E-state index is 1.10. The van der Waals surface area contributed by atoms with Crippen molar-refractivity contribution in [2.75, 3.05) is 4.93 Å². The van der Waals surface area contributed by atoms with E-state index in [9.17, 15) is 0 Å². The average molecular weight is 352 g/mol. The molecule has 1 aliphatic rings. The fourth-order valence-electron chi connectivity index (χ4n) is 2.22. The van der Waals surface area contributed by atoms with E-state index in [1.54, 1.807) is 0 Å². The maximum atomic E-state index is 2.24. The van der Waals surface area contributed by atoms with E-state index in [1.807, 2.05) is 18.8 Å². The smallest absolute Gasteiger partial charge is 0.00201 e. The molecule has 0 unspecified atom stereocenters. The van der Waals surface area contributed by atoms with Crippen LogP contribution in [0.1, 0.15) is 36.1 Å². The summed E-state index contributed by atoms with van der Waals surface area (Å²) in [7, 11) is 0. The Morgan fingerprint density at radius 3 is 1.06 bits per heavy atom. The van der Waals surface area contributed by atoms with Gasteiger partial charge in [-0.05, 0) is 40.0 Å². The SMILES string of the molecule is CC.CI.c1ccc2c(c1)Cc1ccccc1C2. The number of rotatable bonds is 0. The van der Waals surface area contributed by atoms with Crippen LogP contribution in [0.5, 0.6) is 0 Å². The Kier molecular flexibility index (Phi) is 7.02. The van der Waals surface area contributed by atoms with Crippen molar-refractivity contribution in [3.63, 3.8) is 0 Å². The van der Waals surface area contributed by atoms with Crippen LogP contribution in [-0.2, 0) is 12.8 Å². The number of alkyl halides is 1. The molecule has 2 aromatic carbocycles. The van der Waals surface area contributed by atoms with Crippen LogP contribution >= 0.6 is 22.6 Å². The number of hydrogen-bond donors (Lipinski definition) is 0. The Balaban J connectivity index is 0.000000371. The summed E-state index contributed by atoms with van der Waals surface area (Å²) in [5.74, 6) is 0. The molecular formula is C17H21I. The van der Waals surface area contributed by atoms with E-state index in [1.165, 1.54) is 22.3 Å². The van der Waals surface area contributed by atoms with Gasteiger partial charge in [0, 0.05) is 0 Å². The fraction of sp³-hybridized carbons (Fsp3) is 0.294. The zero-order valence-corrected chi connectivity index (χ0v) is 13.6. The minimum Gasteiger partial charge on any atom is -0.0901 e. The molecule has 0 heterocycles. The van der Waals surface area contributed by atoms with Crippen LogP contribution in [0.4, 0.5) is 0 Å². The molecule has 18 heavy (non-hydrogen) atoms. The summed E-state index contributed by atoms with van der Waals surface area (Å²) in [5, 5.41) is 0. The van der Waals surface area contributed by atoms with E-state index < -0.39 is 0 Å². The van der Waals surface area contributed by atoms with Crippen LogP contribution in [0, 0.1) is 0 Å². The molecule has 0 amide bonds. The summed E-state index contributed by atoms with van der Waals surface area (Å²) < 4.78 is 0. The average Bonchev–Trinajstić information content (AvgIpc) is 2.49. The lowest BCUT2D eigenvalue weighted by Crippen LogP contribution is -2.06. The Morgan fingerprint density at radius 1 is 0.611 bits per heavy atom. The van der Waals surface area contributed by atoms with Gasteiger partial charge in [-0.1, -0.05) is 85.0 Å². The van der Waals surface area contributed by atoms with Crippen LogP contribution < -0.4 is 0 Å². The van der Waals surface area contributed by atoms with Crippen molar-refractivity contribution in [1.29, 1.82) is 0 Å². The summed E-state index contributed by atoms with van der Waals surface area (Å²) in [6.45, 7) is 4.00. The van der Waals surface area contributed by atoms with Crippen molar-refractivity contribution in [2.45, 2.75) is 26.7 Å². The van der Waals surface area contributed by atoms with E-state index in [4.69, 9.17) is 0 Å². The van der Waals surface area contributed by atoms with Crippen LogP contribution in [-0.4, -0.2) is 4.93 Å². The Hall–Kier alpha value is -0.830. The van der Waals surface area contributed by atoms with Gasteiger partial charge in [0.2, 0.25) is 0 Å². The van der Waals surface area contributed by atoms with Gasteiger partial charge < -0.3 is 0 Å². The van der Waals surface area contributed by atoms with Crippen LogP contribution in [0.25, 0.3) is 0 Å². The maximum absolute atomic E-state index is 2.24. The molecule has 2 aromatic rings. The molecule has 0 radical (unpaired) electrons. The predicted octanol–water partition coefficient (Wildman–Crippen LogP) is 5.26. The van der Waals surface area contributed by atoms with E-state index in [-0.39, 0.29) is 0 Å². The van der Waals surface area contributed by atoms with Gasteiger partial charge in [-0.2, -0.15) is 0 Å². The molecule has 0 atom stereocenters. The lowest BCUT2D eigenvalue weighted by Gasteiger charge is -2.18.